The number of hydrogen-bond donors (Lipinski definition) is 1. The number of methoxy groups -OCH3 is 1. The van der Waals surface area contributed by atoms with E-state index in [-0.39, 0.29) is 0 Å². The Morgan fingerprint density at radius 3 is 2.81 bits per heavy atom. The van der Waals surface area contributed by atoms with Crippen molar-refractivity contribution in [2.75, 3.05) is 26.8 Å². The summed E-state index contributed by atoms with van der Waals surface area (Å²) in [6.07, 6.45) is 1.75. The Balaban J connectivity index is 1.85. The van der Waals surface area contributed by atoms with Gasteiger partial charge in [0.05, 0.1) is 6.61 Å². The van der Waals surface area contributed by atoms with E-state index in [0.717, 1.165) is 43.1 Å². The molecular weight excluding hydrogens is 296 g/mol. The predicted octanol–water partition coefficient (Wildman–Crippen LogP) is 2.65. The Kier molecular flexibility index (Phi) is 6.16. The van der Waals surface area contributed by atoms with Crippen LogP contribution in [0.25, 0.3) is 10.6 Å². The van der Waals surface area contributed by atoms with Crippen molar-refractivity contribution >= 4 is 11.3 Å². The molecule has 0 saturated heterocycles. The maximum atomic E-state index is 13.2. The minimum absolute atomic E-state index is 0.552. The summed E-state index contributed by atoms with van der Waals surface area (Å²) in [5.74, 6) is -1.72. The fraction of sp³-hybridized carbons (Fsp3) is 0.429. The summed E-state index contributed by atoms with van der Waals surface area (Å²) >= 11 is 1.41. The summed E-state index contributed by atoms with van der Waals surface area (Å²) in [7, 11) is 1.67. The molecule has 0 aliphatic heterocycles. The van der Waals surface area contributed by atoms with Crippen molar-refractivity contribution in [3.63, 3.8) is 0 Å². The maximum Gasteiger partial charge on any atom is 0.159 e. The third kappa shape index (κ3) is 4.80. The normalized spacial score (nSPS) is 11.0. The van der Waals surface area contributed by atoms with Crippen LogP contribution < -0.4 is 5.32 Å². The van der Waals surface area contributed by atoms with Crippen LogP contribution in [0.1, 0.15) is 11.4 Å². The molecule has 4 nitrogen and oxygen atoms in total. The standard InChI is InChI=1S/C14H17F2N3OS/c1-20-8-7-17-6-2-3-13-18-19-14(21-13)10-4-5-11(15)12(16)9-10/h4-5,9,17H,2-3,6-8H2,1H3. The van der Waals surface area contributed by atoms with Gasteiger partial charge in [0.1, 0.15) is 10.0 Å². The van der Waals surface area contributed by atoms with Crippen LogP contribution in [-0.2, 0) is 11.2 Å². The first-order chi connectivity index (χ1) is 10.2. The zero-order valence-electron chi connectivity index (χ0n) is 11.7. The first-order valence-electron chi connectivity index (χ1n) is 6.68. The second-order valence-corrected chi connectivity index (χ2v) is 5.54. The highest BCUT2D eigenvalue weighted by Gasteiger charge is 2.09. The molecule has 0 aliphatic rings. The average molecular weight is 313 g/mol. The van der Waals surface area contributed by atoms with E-state index < -0.39 is 11.6 Å². The Morgan fingerprint density at radius 1 is 1.19 bits per heavy atom. The molecule has 114 valence electrons. The Bertz CT molecular complexity index is 577. The number of benzene rings is 1. The molecule has 0 aliphatic carbocycles. The zero-order valence-corrected chi connectivity index (χ0v) is 12.6. The van der Waals surface area contributed by atoms with Crippen LogP contribution in [0.5, 0.6) is 0 Å². The van der Waals surface area contributed by atoms with Gasteiger partial charge in [0.2, 0.25) is 0 Å². The number of ether oxygens (including phenoxy) is 1. The highest BCUT2D eigenvalue weighted by molar-refractivity contribution is 7.14. The van der Waals surface area contributed by atoms with Gasteiger partial charge in [-0.2, -0.15) is 0 Å². The van der Waals surface area contributed by atoms with Gasteiger partial charge in [-0.05, 0) is 31.2 Å². The number of aryl methyl sites for hydroxylation is 1. The van der Waals surface area contributed by atoms with Gasteiger partial charge in [-0.25, -0.2) is 8.78 Å². The zero-order chi connectivity index (χ0) is 15.1. The van der Waals surface area contributed by atoms with E-state index in [2.05, 4.69) is 15.5 Å². The van der Waals surface area contributed by atoms with Crippen molar-refractivity contribution in [2.24, 2.45) is 0 Å². The van der Waals surface area contributed by atoms with E-state index in [9.17, 15) is 8.78 Å². The van der Waals surface area contributed by atoms with Crippen LogP contribution in [0.4, 0.5) is 8.78 Å². The van der Waals surface area contributed by atoms with Gasteiger partial charge in [0.25, 0.3) is 0 Å². The second-order valence-electron chi connectivity index (χ2n) is 4.48. The molecule has 0 atom stereocenters. The summed E-state index contributed by atoms with van der Waals surface area (Å²) in [5.41, 5.74) is 0.552. The van der Waals surface area contributed by atoms with E-state index in [0.29, 0.717) is 17.2 Å². The number of aromatic nitrogens is 2. The lowest BCUT2D eigenvalue weighted by Crippen LogP contribution is -2.20. The van der Waals surface area contributed by atoms with Crippen molar-refractivity contribution in [1.29, 1.82) is 0 Å². The van der Waals surface area contributed by atoms with Crippen LogP contribution in [0.3, 0.4) is 0 Å². The predicted molar refractivity (Wildman–Crippen MR) is 78.3 cm³/mol. The van der Waals surface area contributed by atoms with Crippen molar-refractivity contribution < 1.29 is 13.5 Å². The molecule has 0 unspecified atom stereocenters. The van der Waals surface area contributed by atoms with Crippen molar-refractivity contribution in [3.05, 3.63) is 34.8 Å². The Morgan fingerprint density at radius 2 is 2.05 bits per heavy atom. The topological polar surface area (TPSA) is 47.0 Å². The summed E-state index contributed by atoms with van der Waals surface area (Å²) in [6, 6.07) is 3.76. The van der Waals surface area contributed by atoms with Crippen molar-refractivity contribution in [3.8, 4) is 10.6 Å². The Labute approximate surface area is 126 Å². The number of hydrogen-bond acceptors (Lipinski definition) is 5. The van der Waals surface area contributed by atoms with Crippen molar-refractivity contribution in [1.82, 2.24) is 15.5 Å². The molecule has 2 aromatic rings. The molecule has 7 heteroatoms. The average Bonchev–Trinajstić information content (AvgIpc) is 2.94. The molecule has 0 bridgehead atoms. The first-order valence-corrected chi connectivity index (χ1v) is 7.50. The number of rotatable bonds is 8. The monoisotopic (exact) mass is 313 g/mol. The minimum Gasteiger partial charge on any atom is -0.383 e. The molecule has 0 fully saturated rings. The van der Waals surface area contributed by atoms with Gasteiger partial charge in [-0.1, -0.05) is 11.3 Å². The van der Waals surface area contributed by atoms with Crippen LogP contribution >= 0.6 is 11.3 Å². The molecule has 1 N–H and O–H groups in total. The highest BCUT2D eigenvalue weighted by Crippen LogP contribution is 2.25. The molecule has 0 amide bonds. The lowest BCUT2D eigenvalue weighted by atomic mass is 10.2. The quantitative estimate of drug-likeness (QED) is 0.761. The largest absolute Gasteiger partial charge is 0.383 e. The van der Waals surface area contributed by atoms with Gasteiger partial charge in [-0.3, -0.25) is 0 Å². The molecule has 0 spiro atoms. The SMILES string of the molecule is COCCNCCCc1nnc(-c2ccc(F)c(F)c2)s1. The minimum atomic E-state index is -0.869. The summed E-state index contributed by atoms with van der Waals surface area (Å²) in [6.45, 7) is 2.40. The molecule has 1 heterocycles. The second kappa shape index (κ2) is 8.11. The molecule has 21 heavy (non-hydrogen) atoms. The fourth-order valence-corrected chi connectivity index (χ4v) is 2.64. The summed E-state index contributed by atoms with van der Waals surface area (Å²) < 4.78 is 31.0. The van der Waals surface area contributed by atoms with E-state index in [1.54, 1.807) is 7.11 Å². The molecule has 1 aromatic heterocycles. The third-order valence-electron chi connectivity index (χ3n) is 2.86. The molecule has 1 aromatic carbocycles. The van der Waals surface area contributed by atoms with E-state index in [4.69, 9.17) is 4.74 Å². The fourth-order valence-electron chi connectivity index (χ4n) is 1.76. The lowest BCUT2D eigenvalue weighted by molar-refractivity contribution is 0.199. The summed E-state index contributed by atoms with van der Waals surface area (Å²) in [5, 5.41) is 12.9. The van der Waals surface area contributed by atoms with Gasteiger partial charge < -0.3 is 10.1 Å². The van der Waals surface area contributed by atoms with E-state index in [1.165, 1.54) is 17.4 Å². The van der Waals surface area contributed by atoms with Crippen LogP contribution in [-0.4, -0.2) is 37.0 Å². The van der Waals surface area contributed by atoms with E-state index >= 15 is 0 Å². The highest BCUT2D eigenvalue weighted by atomic mass is 32.1. The van der Waals surface area contributed by atoms with Gasteiger partial charge in [-0.15, -0.1) is 10.2 Å². The van der Waals surface area contributed by atoms with Gasteiger partial charge in [0, 0.05) is 25.6 Å². The summed E-state index contributed by atoms with van der Waals surface area (Å²) in [4.78, 5) is 0. The first kappa shape index (κ1) is 15.9. The lowest BCUT2D eigenvalue weighted by Gasteiger charge is -2.01. The van der Waals surface area contributed by atoms with E-state index in [1.807, 2.05) is 0 Å². The number of nitrogens with zero attached hydrogens (tertiary/aromatic N) is 2. The van der Waals surface area contributed by atoms with Crippen LogP contribution in [0.2, 0.25) is 0 Å². The van der Waals surface area contributed by atoms with Crippen molar-refractivity contribution in [2.45, 2.75) is 12.8 Å². The number of halogens is 2. The third-order valence-corrected chi connectivity index (χ3v) is 3.89. The Hall–Kier alpha value is -1.44. The van der Waals surface area contributed by atoms with Crippen LogP contribution in [0, 0.1) is 11.6 Å². The van der Waals surface area contributed by atoms with Crippen LogP contribution in [0.15, 0.2) is 18.2 Å². The smallest absolute Gasteiger partial charge is 0.159 e. The maximum absolute atomic E-state index is 13.2. The molecule has 0 radical (unpaired) electrons. The van der Waals surface area contributed by atoms with Gasteiger partial charge >= 0.3 is 0 Å². The molecular formula is C14H17F2N3OS. The molecule has 2 rings (SSSR count). The molecule has 0 saturated carbocycles. The number of nitrogens with one attached hydrogen (secondary N) is 1. The van der Waals surface area contributed by atoms with Gasteiger partial charge in [0.15, 0.2) is 11.6 Å².